The molecule has 0 atom stereocenters. The molecule has 0 bridgehead atoms. The van der Waals surface area contributed by atoms with Gasteiger partial charge in [0.25, 0.3) is 0 Å². The zero-order valence-corrected chi connectivity index (χ0v) is 7.32. The lowest BCUT2D eigenvalue weighted by atomic mass is 9.82. The number of nitrogens with two attached hydrogens (primary N) is 1. The molecule has 4 heteroatoms. The summed E-state index contributed by atoms with van der Waals surface area (Å²) in [6.07, 6.45) is 5.56. The van der Waals surface area contributed by atoms with Crippen LogP contribution in [-0.4, -0.2) is 5.91 Å². The van der Waals surface area contributed by atoms with Crippen molar-refractivity contribution in [2.24, 2.45) is 11.8 Å². The molecule has 0 aromatic carbocycles. The zero-order valence-electron chi connectivity index (χ0n) is 6.51. The molecule has 0 aromatic heterocycles. The molecule has 0 unspecified atom stereocenters. The van der Waals surface area contributed by atoms with Crippen molar-refractivity contribution in [3.8, 4) is 0 Å². The zero-order chi connectivity index (χ0) is 7.40. The second-order valence-corrected chi connectivity index (χ2v) is 2.90. The van der Waals surface area contributed by atoms with E-state index in [-0.39, 0.29) is 18.3 Å². The minimum absolute atomic E-state index is 0. The second kappa shape index (κ2) is 5.38. The van der Waals surface area contributed by atoms with Crippen LogP contribution in [0, 0.1) is 5.92 Å². The van der Waals surface area contributed by atoms with Crippen molar-refractivity contribution in [1.82, 2.24) is 5.43 Å². The van der Waals surface area contributed by atoms with Crippen molar-refractivity contribution < 1.29 is 4.79 Å². The van der Waals surface area contributed by atoms with Crippen LogP contribution in [0.4, 0.5) is 0 Å². The summed E-state index contributed by atoms with van der Waals surface area (Å²) < 4.78 is 0. The van der Waals surface area contributed by atoms with Gasteiger partial charge in [-0.15, -0.1) is 12.4 Å². The largest absolute Gasteiger partial charge is 0.294 e. The first-order valence-electron chi connectivity index (χ1n) is 3.82. The second-order valence-electron chi connectivity index (χ2n) is 2.90. The van der Waals surface area contributed by atoms with Crippen LogP contribution in [0.1, 0.15) is 32.1 Å². The number of hydrogen-bond donors (Lipinski definition) is 2. The third kappa shape index (κ3) is 3.58. The highest BCUT2D eigenvalue weighted by Gasteiger charge is 2.17. The highest BCUT2D eigenvalue weighted by Crippen LogP contribution is 2.30. The smallest absolute Gasteiger partial charge is 0.233 e. The maximum Gasteiger partial charge on any atom is 0.233 e. The lowest BCUT2D eigenvalue weighted by Gasteiger charge is -2.24. The Kier molecular flexibility index (Phi) is 5.24. The van der Waals surface area contributed by atoms with Gasteiger partial charge < -0.3 is 0 Å². The van der Waals surface area contributed by atoms with Crippen molar-refractivity contribution in [1.29, 1.82) is 0 Å². The van der Waals surface area contributed by atoms with Gasteiger partial charge in [-0.3, -0.25) is 10.2 Å². The van der Waals surface area contributed by atoms with Crippen molar-refractivity contribution in [2.45, 2.75) is 32.1 Å². The molecule has 0 radical (unpaired) electrons. The van der Waals surface area contributed by atoms with Crippen LogP contribution in [0.3, 0.4) is 0 Å². The van der Waals surface area contributed by atoms with Crippen LogP contribution in [0.2, 0.25) is 0 Å². The standard InChI is InChI=1S/C7H14N2O.ClH/c8-9-7(10)5-4-6-2-1-3-6;/h6H,1-5,8H2,(H,9,10);1H. The number of carbonyl (C=O) groups is 1. The SMILES string of the molecule is Cl.NNC(=O)CCC1CCC1. The number of carbonyl (C=O) groups excluding carboxylic acids is 1. The Balaban J connectivity index is 0.000001000. The van der Waals surface area contributed by atoms with Gasteiger partial charge in [0.15, 0.2) is 0 Å². The molecule has 1 amide bonds. The number of amides is 1. The molecule has 1 fully saturated rings. The van der Waals surface area contributed by atoms with Gasteiger partial charge in [-0.25, -0.2) is 5.84 Å². The molecule has 1 aliphatic carbocycles. The van der Waals surface area contributed by atoms with E-state index in [1.807, 2.05) is 0 Å². The van der Waals surface area contributed by atoms with E-state index < -0.39 is 0 Å². The summed E-state index contributed by atoms with van der Waals surface area (Å²) >= 11 is 0. The Bertz CT molecular complexity index is 126. The fraction of sp³-hybridized carbons (Fsp3) is 0.857. The molecule has 1 rings (SSSR count). The van der Waals surface area contributed by atoms with Crippen LogP contribution in [0.5, 0.6) is 0 Å². The first-order chi connectivity index (χ1) is 4.83. The Morgan fingerprint density at radius 3 is 2.55 bits per heavy atom. The number of rotatable bonds is 3. The molecule has 0 aromatic rings. The average Bonchev–Trinajstić information content (AvgIpc) is 1.84. The molecule has 66 valence electrons. The Morgan fingerprint density at radius 1 is 1.55 bits per heavy atom. The molecular weight excluding hydrogens is 164 g/mol. The van der Waals surface area contributed by atoms with Crippen LogP contribution >= 0.6 is 12.4 Å². The molecular formula is C7H15ClN2O. The number of hydrogen-bond acceptors (Lipinski definition) is 2. The highest BCUT2D eigenvalue weighted by atomic mass is 35.5. The van der Waals surface area contributed by atoms with E-state index in [1.165, 1.54) is 19.3 Å². The van der Waals surface area contributed by atoms with Gasteiger partial charge in [-0.2, -0.15) is 0 Å². The molecule has 1 saturated carbocycles. The fourth-order valence-electron chi connectivity index (χ4n) is 1.19. The normalized spacial score (nSPS) is 16.5. The third-order valence-corrected chi connectivity index (χ3v) is 2.17. The maximum absolute atomic E-state index is 10.6. The predicted octanol–water partition coefficient (Wildman–Crippen LogP) is 0.978. The maximum atomic E-state index is 10.6. The quantitative estimate of drug-likeness (QED) is 0.385. The Hall–Kier alpha value is -0.280. The molecule has 3 nitrogen and oxygen atoms in total. The van der Waals surface area contributed by atoms with Crippen molar-refractivity contribution in [3.63, 3.8) is 0 Å². The van der Waals surface area contributed by atoms with E-state index >= 15 is 0 Å². The summed E-state index contributed by atoms with van der Waals surface area (Å²) in [5, 5.41) is 0. The summed E-state index contributed by atoms with van der Waals surface area (Å²) in [4.78, 5) is 10.6. The number of halogens is 1. The van der Waals surface area contributed by atoms with E-state index in [9.17, 15) is 4.79 Å². The Morgan fingerprint density at radius 2 is 2.18 bits per heavy atom. The van der Waals surface area contributed by atoms with Crippen LogP contribution in [0.25, 0.3) is 0 Å². The molecule has 3 N–H and O–H groups in total. The van der Waals surface area contributed by atoms with Gasteiger partial charge in [0, 0.05) is 6.42 Å². The van der Waals surface area contributed by atoms with E-state index in [4.69, 9.17) is 5.84 Å². The van der Waals surface area contributed by atoms with Gasteiger partial charge in [-0.05, 0) is 12.3 Å². The van der Waals surface area contributed by atoms with E-state index in [2.05, 4.69) is 5.43 Å². The van der Waals surface area contributed by atoms with Gasteiger partial charge in [0.1, 0.15) is 0 Å². The molecule has 0 heterocycles. The molecule has 11 heavy (non-hydrogen) atoms. The summed E-state index contributed by atoms with van der Waals surface area (Å²) in [6, 6.07) is 0. The highest BCUT2D eigenvalue weighted by molar-refractivity contribution is 5.85. The number of hydrazine groups is 1. The lowest BCUT2D eigenvalue weighted by molar-refractivity contribution is -0.121. The molecule has 0 saturated heterocycles. The summed E-state index contributed by atoms with van der Waals surface area (Å²) in [5.74, 6) is 5.69. The first-order valence-corrected chi connectivity index (χ1v) is 3.82. The minimum Gasteiger partial charge on any atom is -0.294 e. The van der Waals surface area contributed by atoms with Crippen LogP contribution < -0.4 is 11.3 Å². The summed E-state index contributed by atoms with van der Waals surface area (Å²) in [5.41, 5.74) is 2.13. The van der Waals surface area contributed by atoms with Crippen molar-refractivity contribution in [3.05, 3.63) is 0 Å². The van der Waals surface area contributed by atoms with E-state index in [0.29, 0.717) is 6.42 Å². The van der Waals surface area contributed by atoms with Crippen molar-refractivity contribution >= 4 is 18.3 Å². The van der Waals surface area contributed by atoms with Gasteiger partial charge in [0.2, 0.25) is 5.91 Å². The monoisotopic (exact) mass is 178 g/mol. The van der Waals surface area contributed by atoms with Gasteiger partial charge in [0.05, 0.1) is 0 Å². The van der Waals surface area contributed by atoms with Crippen molar-refractivity contribution in [2.75, 3.05) is 0 Å². The van der Waals surface area contributed by atoms with Crippen LogP contribution in [-0.2, 0) is 4.79 Å². The van der Waals surface area contributed by atoms with Gasteiger partial charge in [-0.1, -0.05) is 19.3 Å². The average molecular weight is 179 g/mol. The fourth-order valence-corrected chi connectivity index (χ4v) is 1.19. The topological polar surface area (TPSA) is 55.1 Å². The summed E-state index contributed by atoms with van der Waals surface area (Å²) in [7, 11) is 0. The minimum atomic E-state index is -0.0353. The molecule has 1 aliphatic rings. The molecule has 0 spiro atoms. The number of nitrogens with one attached hydrogen (secondary N) is 1. The van der Waals surface area contributed by atoms with Gasteiger partial charge >= 0.3 is 0 Å². The lowest BCUT2D eigenvalue weighted by Crippen LogP contribution is -2.30. The first kappa shape index (κ1) is 10.7. The molecule has 0 aliphatic heterocycles. The van der Waals surface area contributed by atoms with Crippen LogP contribution in [0.15, 0.2) is 0 Å². The third-order valence-electron chi connectivity index (χ3n) is 2.17. The predicted molar refractivity (Wildman–Crippen MR) is 46.2 cm³/mol. The van der Waals surface area contributed by atoms with E-state index in [1.54, 1.807) is 0 Å². The van der Waals surface area contributed by atoms with E-state index in [0.717, 1.165) is 12.3 Å². The Labute approximate surface area is 73.1 Å². The summed E-state index contributed by atoms with van der Waals surface area (Å²) in [6.45, 7) is 0.